The zero-order chi connectivity index (χ0) is 16.4. The SMILES string of the molecule is COc1cc2c(=O)c(CCC(C)=O)c(C)oc2c(C=O)c1O. The Balaban J connectivity index is 2.79. The van der Waals surface area contributed by atoms with Crippen LogP contribution in [0, 0.1) is 6.92 Å². The predicted molar refractivity (Wildman–Crippen MR) is 79.8 cm³/mol. The maximum absolute atomic E-state index is 12.6. The zero-order valence-corrected chi connectivity index (χ0v) is 12.6. The molecule has 2 aromatic rings. The molecule has 22 heavy (non-hydrogen) atoms. The molecule has 0 radical (unpaired) electrons. The fourth-order valence-corrected chi connectivity index (χ4v) is 2.32. The number of ketones is 1. The number of hydrogen-bond donors (Lipinski definition) is 1. The first-order chi connectivity index (χ1) is 10.4. The van der Waals surface area contributed by atoms with Crippen molar-refractivity contribution in [2.45, 2.75) is 26.7 Å². The zero-order valence-electron chi connectivity index (χ0n) is 12.6. The largest absolute Gasteiger partial charge is 0.504 e. The Bertz CT molecular complexity index is 816. The third kappa shape index (κ3) is 2.59. The quantitative estimate of drug-likeness (QED) is 0.851. The van der Waals surface area contributed by atoms with Crippen molar-refractivity contribution in [3.8, 4) is 11.5 Å². The molecule has 0 spiro atoms. The van der Waals surface area contributed by atoms with E-state index in [1.165, 1.54) is 20.1 Å². The molecule has 0 aliphatic rings. The summed E-state index contributed by atoms with van der Waals surface area (Å²) in [5, 5.41) is 10.1. The van der Waals surface area contributed by atoms with Gasteiger partial charge in [0, 0.05) is 12.0 Å². The molecule has 0 saturated heterocycles. The van der Waals surface area contributed by atoms with Crippen molar-refractivity contribution in [3.05, 3.63) is 33.2 Å². The van der Waals surface area contributed by atoms with Gasteiger partial charge in [0.05, 0.1) is 12.5 Å². The summed E-state index contributed by atoms with van der Waals surface area (Å²) in [6, 6.07) is 1.33. The number of aromatic hydroxyl groups is 1. The second-order valence-electron chi connectivity index (χ2n) is 5.00. The summed E-state index contributed by atoms with van der Waals surface area (Å²) in [5.74, 6) is -0.0607. The summed E-state index contributed by atoms with van der Waals surface area (Å²) in [4.78, 5) is 34.9. The molecule has 0 unspecified atom stereocenters. The highest BCUT2D eigenvalue weighted by Gasteiger charge is 2.20. The van der Waals surface area contributed by atoms with Crippen molar-refractivity contribution in [2.75, 3.05) is 7.11 Å². The molecule has 0 aliphatic carbocycles. The molecule has 0 fully saturated rings. The summed E-state index contributed by atoms with van der Waals surface area (Å²) < 4.78 is 10.5. The minimum atomic E-state index is -0.371. The summed E-state index contributed by atoms with van der Waals surface area (Å²) in [6.45, 7) is 3.04. The fraction of sp³-hybridized carbons (Fsp3) is 0.312. The average Bonchev–Trinajstić information content (AvgIpc) is 2.46. The molecule has 2 rings (SSSR count). The van der Waals surface area contributed by atoms with Gasteiger partial charge in [-0.2, -0.15) is 0 Å². The van der Waals surface area contributed by atoms with Crippen molar-refractivity contribution in [2.24, 2.45) is 0 Å². The highest BCUT2D eigenvalue weighted by molar-refractivity contribution is 5.99. The molecular weight excluding hydrogens is 288 g/mol. The smallest absolute Gasteiger partial charge is 0.196 e. The standard InChI is InChI=1S/C16H16O6/c1-8(18)4-5-10-9(2)22-16-11(14(10)19)6-13(21-3)15(20)12(16)7-17/h6-7,20H,4-5H2,1-3H3. The van der Waals surface area contributed by atoms with Crippen LogP contribution in [0.25, 0.3) is 11.0 Å². The third-order valence-corrected chi connectivity index (χ3v) is 3.52. The second-order valence-corrected chi connectivity index (χ2v) is 5.00. The van der Waals surface area contributed by atoms with E-state index in [0.717, 1.165) is 0 Å². The topological polar surface area (TPSA) is 93.8 Å². The van der Waals surface area contributed by atoms with E-state index in [0.29, 0.717) is 17.6 Å². The Labute approximate surface area is 126 Å². The molecule has 0 amide bonds. The lowest BCUT2D eigenvalue weighted by Gasteiger charge is -2.11. The highest BCUT2D eigenvalue weighted by atomic mass is 16.5. The minimum Gasteiger partial charge on any atom is -0.504 e. The summed E-state index contributed by atoms with van der Waals surface area (Å²) in [6.07, 6.45) is 0.906. The van der Waals surface area contributed by atoms with Crippen LogP contribution in [0.1, 0.15) is 35.0 Å². The Kier molecular flexibility index (Phi) is 4.30. The van der Waals surface area contributed by atoms with Gasteiger partial charge in [-0.15, -0.1) is 0 Å². The molecule has 0 bridgehead atoms. The number of fused-ring (bicyclic) bond motifs is 1. The van der Waals surface area contributed by atoms with Crippen LogP contribution in [0.5, 0.6) is 11.5 Å². The monoisotopic (exact) mass is 304 g/mol. The molecule has 0 atom stereocenters. The number of Topliss-reactive ketones (excluding diaryl/α,β-unsaturated/α-hetero) is 1. The maximum atomic E-state index is 12.6. The average molecular weight is 304 g/mol. The Morgan fingerprint density at radius 2 is 2.14 bits per heavy atom. The molecule has 6 nitrogen and oxygen atoms in total. The van der Waals surface area contributed by atoms with Gasteiger partial charge in [-0.3, -0.25) is 9.59 Å². The number of ether oxygens (including phenoxy) is 1. The van der Waals surface area contributed by atoms with Crippen LogP contribution >= 0.6 is 0 Å². The molecule has 1 heterocycles. The van der Waals surface area contributed by atoms with E-state index in [-0.39, 0.29) is 52.1 Å². The van der Waals surface area contributed by atoms with E-state index in [2.05, 4.69) is 0 Å². The van der Waals surface area contributed by atoms with E-state index in [4.69, 9.17) is 9.15 Å². The Hall–Kier alpha value is -2.63. The van der Waals surface area contributed by atoms with Gasteiger partial charge in [-0.25, -0.2) is 0 Å². The van der Waals surface area contributed by atoms with Crippen molar-refractivity contribution in [3.63, 3.8) is 0 Å². The number of aryl methyl sites for hydroxylation is 1. The van der Waals surface area contributed by atoms with Gasteiger partial charge in [-0.1, -0.05) is 0 Å². The van der Waals surface area contributed by atoms with Crippen LogP contribution in [0.3, 0.4) is 0 Å². The second kappa shape index (κ2) is 6.01. The van der Waals surface area contributed by atoms with Gasteiger partial charge < -0.3 is 19.1 Å². The molecule has 116 valence electrons. The van der Waals surface area contributed by atoms with Crippen LogP contribution in [0.4, 0.5) is 0 Å². The summed E-state index contributed by atoms with van der Waals surface area (Å²) in [5.41, 5.74) is -0.0660. The highest BCUT2D eigenvalue weighted by Crippen LogP contribution is 2.35. The molecule has 0 aliphatic heterocycles. The number of rotatable bonds is 5. The summed E-state index contributed by atoms with van der Waals surface area (Å²) in [7, 11) is 1.32. The molecule has 1 N–H and O–H groups in total. The van der Waals surface area contributed by atoms with Crippen molar-refractivity contribution in [1.29, 1.82) is 0 Å². The molecule has 1 aromatic heterocycles. The summed E-state index contributed by atoms with van der Waals surface area (Å²) >= 11 is 0. The normalized spacial score (nSPS) is 10.7. The lowest BCUT2D eigenvalue weighted by molar-refractivity contribution is -0.116. The van der Waals surface area contributed by atoms with E-state index >= 15 is 0 Å². The lowest BCUT2D eigenvalue weighted by Crippen LogP contribution is -2.13. The van der Waals surface area contributed by atoms with Gasteiger partial charge in [0.25, 0.3) is 0 Å². The first-order valence-electron chi connectivity index (χ1n) is 6.71. The van der Waals surface area contributed by atoms with Crippen LogP contribution in [-0.2, 0) is 11.2 Å². The van der Waals surface area contributed by atoms with E-state index in [1.807, 2.05) is 0 Å². The Morgan fingerprint density at radius 1 is 1.45 bits per heavy atom. The van der Waals surface area contributed by atoms with E-state index in [1.54, 1.807) is 6.92 Å². The predicted octanol–water partition coefficient (Wildman–Crippen LogP) is 2.15. The molecule has 0 saturated carbocycles. The van der Waals surface area contributed by atoms with Crippen LogP contribution in [0.15, 0.2) is 15.3 Å². The lowest BCUT2D eigenvalue weighted by atomic mass is 10.0. The van der Waals surface area contributed by atoms with Gasteiger partial charge >= 0.3 is 0 Å². The maximum Gasteiger partial charge on any atom is 0.196 e. The number of hydrogen-bond acceptors (Lipinski definition) is 6. The molecule has 6 heteroatoms. The fourth-order valence-electron chi connectivity index (χ4n) is 2.32. The first kappa shape index (κ1) is 15.8. The van der Waals surface area contributed by atoms with E-state index < -0.39 is 0 Å². The minimum absolute atomic E-state index is 0.0161. The van der Waals surface area contributed by atoms with Gasteiger partial charge in [0.2, 0.25) is 0 Å². The molecule has 1 aromatic carbocycles. The third-order valence-electron chi connectivity index (χ3n) is 3.52. The van der Waals surface area contributed by atoms with Crippen LogP contribution < -0.4 is 10.2 Å². The van der Waals surface area contributed by atoms with Gasteiger partial charge in [0.1, 0.15) is 17.1 Å². The number of phenolic OH excluding ortho intramolecular Hbond substituents is 1. The first-order valence-corrected chi connectivity index (χ1v) is 6.71. The van der Waals surface area contributed by atoms with E-state index in [9.17, 15) is 19.5 Å². The number of carbonyl (C=O) groups excluding carboxylic acids is 2. The van der Waals surface area contributed by atoms with Crippen molar-refractivity contribution >= 4 is 23.0 Å². The van der Waals surface area contributed by atoms with Crippen LogP contribution in [0.2, 0.25) is 0 Å². The Morgan fingerprint density at radius 3 is 2.68 bits per heavy atom. The van der Waals surface area contributed by atoms with Gasteiger partial charge in [0.15, 0.2) is 28.8 Å². The number of phenols is 1. The number of carbonyl (C=O) groups is 2. The van der Waals surface area contributed by atoms with Crippen LogP contribution in [-0.4, -0.2) is 24.3 Å². The van der Waals surface area contributed by atoms with Crippen molar-refractivity contribution in [1.82, 2.24) is 0 Å². The molecular formula is C16H16O6. The van der Waals surface area contributed by atoms with Crippen molar-refractivity contribution < 1.29 is 23.8 Å². The number of benzene rings is 1. The number of methoxy groups -OCH3 is 1. The van der Waals surface area contributed by atoms with Gasteiger partial charge in [-0.05, 0) is 26.3 Å². The number of aldehydes is 1.